The van der Waals surface area contributed by atoms with Gasteiger partial charge < -0.3 is 9.80 Å². The van der Waals surface area contributed by atoms with Gasteiger partial charge in [0.15, 0.2) is 11.1 Å². The molecule has 0 aromatic rings. The molecule has 0 radical (unpaired) electrons. The normalized spacial score (nSPS) is 25.7. The van der Waals surface area contributed by atoms with E-state index in [0.29, 0.717) is 5.82 Å². The summed E-state index contributed by atoms with van der Waals surface area (Å²) in [6.07, 6.45) is 3.70. The quantitative estimate of drug-likeness (QED) is 0.663. The molecule has 100 valence electrons. The van der Waals surface area contributed by atoms with Crippen LogP contribution in [-0.2, 0) is 0 Å². The lowest BCUT2D eigenvalue weighted by molar-refractivity contribution is -0.569. The molecule has 0 bridgehead atoms. The molecule has 2 aliphatic heterocycles. The van der Waals surface area contributed by atoms with E-state index in [-0.39, 0.29) is 5.82 Å². The van der Waals surface area contributed by atoms with Crippen LogP contribution in [0.1, 0.15) is 27.7 Å². The summed E-state index contributed by atoms with van der Waals surface area (Å²) in [5, 5.41) is 11.5. The van der Waals surface area contributed by atoms with Crippen LogP contribution in [0, 0.1) is 4.91 Å². The monoisotopic (exact) mass is 253 g/mol. The van der Waals surface area contributed by atoms with Gasteiger partial charge in [-0.3, -0.25) is 0 Å². The van der Waals surface area contributed by atoms with Gasteiger partial charge in [-0.2, -0.15) is 0 Å². The summed E-state index contributed by atoms with van der Waals surface area (Å²) in [6.45, 7) is 7.38. The van der Waals surface area contributed by atoms with E-state index in [2.05, 4.69) is 0 Å². The van der Waals surface area contributed by atoms with Gasteiger partial charge in [0.25, 0.3) is 0 Å². The second kappa shape index (κ2) is 3.47. The van der Waals surface area contributed by atoms with Crippen LogP contribution in [0.3, 0.4) is 0 Å². The van der Waals surface area contributed by atoms with E-state index >= 15 is 0 Å². The summed E-state index contributed by atoms with van der Waals surface area (Å²) >= 11 is 0. The Morgan fingerprint density at radius 3 is 1.89 bits per heavy atom. The van der Waals surface area contributed by atoms with Crippen molar-refractivity contribution >= 4 is 0 Å². The van der Waals surface area contributed by atoms with Crippen molar-refractivity contribution in [3.05, 3.63) is 28.9 Å². The lowest BCUT2D eigenvalue weighted by atomic mass is 9.84. The average molecular weight is 253 g/mol. The van der Waals surface area contributed by atoms with Crippen molar-refractivity contribution in [3.63, 3.8) is 0 Å². The van der Waals surface area contributed by atoms with Gasteiger partial charge in [0.2, 0.25) is 5.82 Å². The minimum atomic E-state index is -0.714. The zero-order valence-electron chi connectivity index (χ0n) is 11.8. The second-order valence-corrected chi connectivity index (χ2v) is 5.89. The lowest BCUT2D eigenvalue weighted by Gasteiger charge is -2.26. The Bertz CT molecular complexity index is 451. The Morgan fingerprint density at radius 1 is 1.11 bits per heavy atom. The summed E-state index contributed by atoms with van der Waals surface area (Å²) in [7, 11) is 3.70. The van der Waals surface area contributed by atoms with Gasteiger partial charge in [-0.15, -0.1) is 5.06 Å². The molecule has 0 saturated carbocycles. The summed E-state index contributed by atoms with van der Waals surface area (Å²) in [5.41, 5.74) is -1.38. The van der Waals surface area contributed by atoms with Crippen molar-refractivity contribution in [2.45, 2.75) is 38.8 Å². The number of hydrogen-bond acceptors (Lipinski definition) is 5. The molecule has 2 heterocycles. The lowest BCUT2D eigenvalue weighted by Crippen LogP contribution is -2.50. The summed E-state index contributed by atoms with van der Waals surface area (Å²) in [6, 6.07) is 0. The molecule has 1 saturated heterocycles. The number of hydrogen-bond donors (Lipinski definition) is 1. The van der Waals surface area contributed by atoms with Crippen molar-refractivity contribution in [2.75, 3.05) is 14.1 Å². The predicted octanol–water partition coefficient (Wildman–Crippen LogP) is 1.50. The predicted molar refractivity (Wildman–Crippen MR) is 67.1 cm³/mol. The van der Waals surface area contributed by atoms with E-state index in [1.807, 2.05) is 64.0 Å². The van der Waals surface area contributed by atoms with Gasteiger partial charge in [-0.1, -0.05) is 4.91 Å². The molecule has 2 aliphatic rings. The van der Waals surface area contributed by atoms with E-state index < -0.39 is 11.1 Å². The van der Waals surface area contributed by atoms with Crippen LogP contribution >= 0.6 is 0 Å². The third-order valence-corrected chi connectivity index (χ3v) is 4.31. The molecule has 6 heteroatoms. The van der Waals surface area contributed by atoms with Gasteiger partial charge in [0, 0.05) is 26.5 Å². The van der Waals surface area contributed by atoms with Crippen LogP contribution in [0.25, 0.3) is 0 Å². The number of nitroso groups, excluding NO2 is 1. The molecule has 2 rings (SSSR count). The second-order valence-electron chi connectivity index (χ2n) is 5.89. The largest absolute Gasteiger partial charge is 0.388 e. The SMILES string of the molecule is CN1C=CN(C)C1=C1N(O)C(C)(C)C(C)(C)[N+]1=O. The molecule has 1 N–H and O–H groups in total. The van der Waals surface area contributed by atoms with Gasteiger partial charge in [-0.05, 0) is 32.5 Å². The molecule has 0 aromatic carbocycles. The van der Waals surface area contributed by atoms with E-state index in [4.69, 9.17) is 0 Å². The summed E-state index contributed by atoms with van der Waals surface area (Å²) < 4.78 is 0.891. The minimum absolute atomic E-state index is 0.278. The molecule has 0 spiro atoms. The Morgan fingerprint density at radius 2 is 1.56 bits per heavy atom. The summed E-state index contributed by atoms with van der Waals surface area (Å²) in [5.74, 6) is 0.950. The third-order valence-electron chi connectivity index (χ3n) is 4.31. The standard InChI is InChI=1S/C12H21N4O2/c1-11(2)12(3,4)16(18)10(15(11)17)9-13(5)7-8-14(9)6/h7-8,17H,1-6H3/q+1. The molecule has 0 amide bonds. The highest BCUT2D eigenvalue weighted by Crippen LogP contribution is 2.43. The fourth-order valence-electron chi connectivity index (χ4n) is 2.21. The zero-order valence-corrected chi connectivity index (χ0v) is 11.8. The van der Waals surface area contributed by atoms with Gasteiger partial charge >= 0.3 is 5.82 Å². The van der Waals surface area contributed by atoms with E-state index in [0.717, 1.165) is 9.82 Å². The highest BCUT2D eigenvalue weighted by atomic mass is 16.5. The van der Waals surface area contributed by atoms with Gasteiger partial charge in [-0.25, -0.2) is 5.21 Å². The first-order chi connectivity index (χ1) is 8.12. The Hall–Kier alpha value is -1.56. The first-order valence-electron chi connectivity index (χ1n) is 5.97. The smallest absolute Gasteiger partial charge is 0.329 e. The van der Waals surface area contributed by atoms with Crippen LogP contribution in [-0.4, -0.2) is 50.0 Å². The number of nitrogens with zero attached hydrogens (tertiary/aromatic N) is 4. The summed E-state index contributed by atoms with van der Waals surface area (Å²) in [4.78, 5) is 16.1. The van der Waals surface area contributed by atoms with E-state index in [9.17, 15) is 10.1 Å². The highest BCUT2D eigenvalue weighted by Gasteiger charge is 2.66. The zero-order chi connectivity index (χ0) is 13.9. The van der Waals surface area contributed by atoms with E-state index in [1.165, 1.54) is 0 Å². The molecule has 0 unspecified atom stereocenters. The molecule has 0 aromatic heterocycles. The van der Waals surface area contributed by atoms with Crippen LogP contribution in [0.15, 0.2) is 24.0 Å². The highest BCUT2D eigenvalue weighted by molar-refractivity contribution is 5.20. The van der Waals surface area contributed by atoms with Crippen molar-refractivity contribution in [3.8, 4) is 0 Å². The third kappa shape index (κ3) is 1.32. The van der Waals surface area contributed by atoms with Gasteiger partial charge in [0.05, 0.1) is 0 Å². The van der Waals surface area contributed by atoms with Crippen LogP contribution < -0.4 is 0 Å². The van der Waals surface area contributed by atoms with Crippen LogP contribution in [0.5, 0.6) is 0 Å². The minimum Gasteiger partial charge on any atom is -0.329 e. The molecular weight excluding hydrogens is 232 g/mol. The van der Waals surface area contributed by atoms with Crippen molar-refractivity contribution < 1.29 is 9.97 Å². The Kier molecular flexibility index (Phi) is 2.49. The molecule has 0 atom stereocenters. The van der Waals surface area contributed by atoms with Crippen molar-refractivity contribution in [2.24, 2.45) is 0 Å². The fourth-order valence-corrected chi connectivity index (χ4v) is 2.21. The maximum Gasteiger partial charge on any atom is 0.388 e. The number of rotatable bonds is 0. The molecule has 6 nitrogen and oxygen atoms in total. The molecule has 18 heavy (non-hydrogen) atoms. The average Bonchev–Trinajstić information content (AvgIpc) is 2.64. The van der Waals surface area contributed by atoms with E-state index in [1.54, 1.807) is 0 Å². The maximum atomic E-state index is 12.5. The first kappa shape index (κ1) is 12.9. The van der Waals surface area contributed by atoms with Gasteiger partial charge in [0.1, 0.15) is 0 Å². The van der Waals surface area contributed by atoms with Crippen molar-refractivity contribution in [1.82, 2.24) is 14.9 Å². The molecular formula is C12H21N4O2+. The fraction of sp³-hybridized carbons (Fsp3) is 0.667. The molecule has 1 fully saturated rings. The topological polar surface area (TPSA) is 50.0 Å². The number of hydroxylamine groups is 2. The molecule has 0 aliphatic carbocycles. The first-order valence-corrected chi connectivity index (χ1v) is 5.97. The Balaban J connectivity index is 2.61. The van der Waals surface area contributed by atoms with Crippen molar-refractivity contribution in [1.29, 1.82) is 0 Å². The van der Waals surface area contributed by atoms with Crippen LogP contribution in [0.4, 0.5) is 0 Å². The maximum absolute atomic E-state index is 12.5. The van der Waals surface area contributed by atoms with Crippen LogP contribution in [0.2, 0.25) is 0 Å². The Labute approximate surface area is 107 Å².